The van der Waals surface area contributed by atoms with Gasteiger partial charge >= 0.3 is 11.9 Å². The zero-order chi connectivity index (χ0) is 17.1. The Kier molecular flexibility index (Phi) is 3.45. The Hall–Kier alpha value is -1.58. The third-order valence-electron chi connectivity index (χ3n) is 7.44. The van der Waals surface area contributed by atoms with Gasteiger partial charge in [-0.05, 0) is 54.9 Å². The molecule has 0 aromatic rings. The first-order valence-electron chi connectivity index (χ1n) is 9.13. The first-order valence-corrected chi connectivity index (χ1v) is 9.13. The highest BCUT2D eigenvalue weighted by molar-refractivity contribution is 5.93. The van der Waals surface area contributed by atoms with E-state index >= 15 is 0 Å². The molecular formula is C20H26O4. The minimum Gasteiger partial charge on any atom is -0.458 e. The lowest BCUT2D eigenvalue weighted by Crippen LogP contribution is -2.54. The number of rotatable bonds is 3. The Bertz CT molecular complexity index is 661. The molecule has 0 radical (unpaired) electrons. The molecule has 5 atom stereocenters. The van der Waals surface area contributed by atoms with Crippen LogP contribution in [0.3, 0.4) is 0 Å². The van der Waals surface area contributed by atoms with Crippen molar-refractivity contribution in [2.45, 2.75) is 59.0 Å². The summed E-state index contributed by atoms with van der Waals surface area (Å²) in [4.78, 5) is 23.6. The van der Waals surface area contributed by atoms with Crippen LogP contribution in [0, 0.1) is 22.7 Å². The fraction of sp³-hybridized carbons (Fsp3) is 0.700. The molecule has 130 valence electrons. The van der Waals surface area contributed by atoms with Gasteiger partial charge in [-0.2, -0.15) is 0 Å². The van der Waals surface area contributed by atoms with Gasteiger partial charge in [0.25, 0.3) is 0 Å². The summed E-state index contributed by atoms with van der Waals surface area (Å²) in [5, 5.41) is 0. The van der Waals surface area contributed by atoms with E-state index in [1.807, 2.05) is 0 Å². The molecule has 0 spiro atoms. The van der Waals surface area contributed by atoms with Crippen LogP contribution >= 0.6 is 0 Å². The highest BCUT2D eigenvalue weighted by Crippen LogP contribution is 2.65. The number of allylic oxidation sites excluding steroid dienone is 1. The number of carbonyl (C=O) groups is 2. The first-order chi connectivity index (χ1) is 11.4. The quantitative estimate of drug-likeness (QED) is 0.743. The second-order valence-electron chi connectivity index (χ2n) is 8.48. The molecule has 1 saturated carbocycles. The number of hydrogen-bond donors (Lipinski definition) is 0. The van der Waals surface area contributed by atoms with Crippen LogP contribution in [0.1, 0.15) is 52.9 Å². The number of cyclic esters (lactones) is 1. The van der Waals surface area contributed by atoms with E-state index in [1.165, 1.54) is 0 Å². The van der Waals surface area contributed by atoms with Crippen molar-refractivity contribution >= 4 is 11.9 Å². The first kappa shape index (κ1) is 15.9. The second kappa shape index (κ2) is 5.21. The van der Waals surface area contributed by atoms with Gasteiger partial charge in [0.15, 0.2) is 0 Å². The van der Waals surface area contributed by atoms with Crippen LogP contribution in [0.4, 0.5) is 0 Å². The standard InChI is InChI=1S/C20H26O4/c1-12-9-16-20(3)14(18(22)24-16)5-4-6-15(20)19(12,2)8-7-13-10-17(21)23-11-13/h5,10,12,15-16H,4,6-9,11H2,1-3H3/t12-,15-,16+,19+,20+/m1/s1. The zero-order valence-corrected chi connectivity index (χ0v) is 14.8. The van der Waals surface area contributed by atoms with Gasteiger partial charge in [-0.25, -0.2) is 9.59 Å². The summed E-state index contributed by atoms with van der Waals surface area (Å²) in [7, 11) is 0. The molecule has 0 amide bonds. The third-order valence-corrected chi connectivity index (χ3v) is 7.44. The summed E-state index contributed by atoms with van der Waals surface area (Å²) in [6.45, 7) is 7.37. The summed E-state index contributed by atoms with van der Waals surface area (Å²) >= 11 is 0. The Morgan fingerprint density at radius 3 is 2.79 bits per heavy atom. The van der Waals surface area contributed by atoms with Crippen molar-refractivity contribution < 1.29 is 19.1 Å². The Morgan fingerprint density at radius 1 is 1.29 bits per heavy atom. The van der Waals surface area contributed by atoms with Crippen molar-refractivity contribution in [2.24, 2.45) is 22.7 Å². The molecule has 4 heteroatoms. The van der Waals surface area contributed by atoms with Gasteiger partial charge in [0.2, 0.25) is 0 Å². The lowest BCUT2D eigenvalue weighted by Gasteiger charge is -2.57. The molecule has 0 N–H and O–H groups in total. The largest absolute Gasteiger partial charge is 0.458 e. The van der Waals surface area contributed by atoms with Crippen LogP contribution in [0.15, 0.2) is 23.3 Å². The van der Waals surface area contributed by atoms with Crippen molar-refractivity contribution in [1.82, 2.24) is 0 Å². The molecule has 2 aliphatic heterocycles. The minimum absolute atomic E-state index is 0.0280. The van der Waals surface area contributed by atoms with Gasteiger partial charge in [0, 0.05) is 17.1 Å². The van der Waals surface area contributed by atoms with E-state index in [0.717, 1.165) is 43.3 Å². The summed E-state index contributed by atoms with van der Waals surface area (Å²) in [6.07, 6.45) is 8.73. The highest BCUT2D eigenvalue weighted by Gasteiger charge is 2.64. The number of carbonyl (C=O) groups excluding carboxylic acids is 2. The van der Waals surface area contributed by atoms with E-state index < -0.39 is 0 Å². The third kappa shape index (κ3) is 2.04. The highest BCUT2D eigenvalue weighted by atomic mass is 16.6. The van der Waals surface area contributed by atoms with E-state index in [4.69, 9.17) is 9.47 Å². The molecular weight excluding hydrogens is 304 g/mol. The van der Waals surface area contributed by atoms with Crippen LogP contribution < -0.4 is 0 Å². The van der Waals surface area contributed by atoms with Gasteiger partial charge in [-0.15, -0.1) is 0 Å². The Balaban J connectivity index is 1.63. The van der Waals surface area contributed by atoms with Crippen LogP contribution in [0.2, 0.25) is 0 Å². The fourth-order valence-electron chi connectivity index (χ4n) is 5.77. The average molecular weight is 330 g/mol. The Morgan fingerprint density at radius 2 is 2.08 bits per heavy atom. The van der Waals surface area contributed by atoms with Gasteiger partial charge in [-0.3, -0.25) is 0 Å². The van der Waals surface area contributed by atoms with Crippen LogP contribution in [0.25, 0.3) is 0 Å². The molecule has 0 unspecified atom stereocenters. The SMILES string of the molecule is C[C@@H]1C[C@@H]2OC(=O)C3=CCC[C@H]([C@@]1(C)CCC1=CC(=O)OC1)[C@]32C. The maximum atomic E-state index is 12.3. The molecule has 4 aliphatic rings. The van der Waals surface area contributed by atoms with Gasteiger partial charge in [0.05, 0.1) is 0 Å². The number of ether oxygens (including phenoxy) is 2. The van der Waals surface area contributed by atoms with E-state index in [-0.39, 0.29) is 28.9 Å². The molecule has 2 fully saturated rings. The maximum Gasteiger partial charge on any atom is 0.334 e. The monoisotopic (exact) mass is 330 g/mol. The molecule has 0 aromatic heterocycles. The van der Waals surface area contributed by atoms with E-state index in [9.17, 15) is 9.59 Å². The molecule has 1 saturated heterocycles. The lowest BCUT2D eigenvalue weighted by atomic mass is 9.46. The molecule has 0 aromatic carbocycles. The molecule has 4 nitrogen and oxygen atoms in total. The lowest BCUT2D eigenvalue weighted by molar-refractivity contribution is -0.148. The summed E-state index contributed by atoms with van der Waals surface area (Å²) in [6, 6.07) is 0. The van der Waals surface area contributed by atoms with Gasteiger partial charge in [0.1, 0.15) is 12.7 Å². The van der Waals surface area contributed by atoms with Crippen molar-refractivity contribution in [1.29, 1.82) is 0 Å². The summed E-state index contributed by atoms with van der Waals surface area (Å²) < 4.78 is 10.8. The van der Waals surface area contributed by atoms with Gasteiger partial charge in [-0.1, -0.05) is 26.8 Å². The fourth-order valence-corrected chi connectivity index (χ4v) is 5.77. The predicted molar refractivity (Wildman–Crippen MR) is 89.0 cm³/mol. The Labute approximate surface area is 143 Å². The van der Waals surface area contributed by atoms with Crippen molar-refractivity contribution in [2.75, 3.05) is 6.61 Å². The minimum atomic E-state index is -0.212. The smallest absolute Gasteiger partial charge is 0.334 e. The summed E-state index contributed by atoms with van der Waals surface area (Å²) in [5.41, 5.74) is 2.02. The maximum absolute atomic E-state index is 12.3. The van der Waals surface area contributed by atoms with E-state index in [2.05, 4.69) is 26.8 Å². The van der Waals surface area contributed by atoms with Crippen LogP contribution in [-0.4, -0.2) is 24.6 Å². The van der Waals surface area contributed by atoms with Gasteiger partial charge < -0.3 is 9.47 Å². The normalized spacial score (nSPS) is 43.7. The summed E-state index contributed by atoms with van der Waals surface area (Å²) in [5.74, 6) is 0.631. The predicted octanol–water partition coefficient (Wildman–Crippen LogP) is 3.56. The van der Waals surface area contributed by atoms with E-state index in [1.54, 1.807) is 6.08 Å². The second-order valence-corrected chi connectivity index (χ2v) is 8.48. The number of esters is 2. The van der Waals surface area contributed by atoms with Crippen LogP contribution in [-0.2, 0) is 19.1 Å². The molecule has 24 heavy (non-hydrogen) atoms. The average Bonchev–Trinajstić information content (AvgIpc) is 3.06. The van der Waals surface area contributed by atoms with Crippen molar-refractivity contribution in [3.05, 3.63) is 23.3 Å². The van der Waals surface area contributed by atoms with Crippen LogP contribution in [0.5, 0.6) is 0 Å². The topological polar surface area (TPSA) is 52.6 Å². The molecule has 4 rings (SSSR count). The molecule has 2 heterocycles. The van der Waals surface area contributed by atoms with Crippen molar-refractivity contribution in [3.8, 4) is 0 Å². The van der Waals surface area contributed by atoms with E-state index in [0.29, 0.717) is 18.4 Å². The number of hydrogen-bond acceptors (Lipinski definition) is 4. The van der Waals surface area contributed by atoms with Crippen molar-refractivity contribution in [3.63, 3.8) is 0 Å². The zero-order valence-electron chi connectivity index (χ0n) is 14.8. The molecule has 2 aliphatic carbocycles. The molecule has 0 bridgehead atoms.